The topological polar surface area (TPSA) is 0 Å². The van der Waals surface area contributed by atoms with Gasteiger partial charge in [-0.15, -0.1) is 0 Å². The van der Waals surface area contributed by atoms with Crippen molar-refractivity contribution in [2.24, 2.45) is 0 Å². The molecule has 0 amide bonds. The van der Waals surface area contributed by atoms with Gasteiger partial charge in [-0.25, -0.2) is 0 Å². The van der Waals surface area contributed by atoms with Gasteiger partial charge in [-0.05, 0) is 0 Å². The van der Waals surface area contributed by atoms with Crippen molar-refractivity contribution in [3.05, 3.63) is 155 Å². The Balaban J connectivity index is 1.72. The van der Waals surface area contributed by atoms with Crippen LogP contribution in [-0.2, 0) is 21.3 Å². The Kier molecular flexibility index (Phi) is 5.52. The molecule has 0 aromatic heterocycles. The van der Waals surface area contributed by atoms with Gasteiger partial charge in [0.1, 0.15) is 0 Å². The maximum atomic E-state index is 2.55. The van der Waals surface area contributed by atoms with Crippen LogP contribution in [0, 0.1) is 0 Å². The van der Waals surface area contributed by atoms with Crippen LogP contribution in [0.4, 0.5) is 0 Å². The molecule has 1 heteroatoms. The Morgan fingerprint density at radius 2 is 1.09 bits per heavy atom. The van der Waals surface area contributed by atoms with Gasteiger partial charge in [0, 0.05) is 0 Å². The Labute approximate surface area is 204 Å². The molecular formula is C32H26Zr. The Hall–Kier alpha value is -2.89. The first-order valence-corrected chi connectivity index (χ1v) is 15.8. The zero-order chi connectivity index (χ0) is 22.2. The average Bonchev–Trinajstić information content (AvgIpc) is 3.45. The Bertz CT molecular complexity index is 1320. The van der Waals surface area contributed by atoms with Gasteiger partial charge in [-0.3, -0.25) is 0 Å². The van der Waals surface area contributed by atoms with Crippen molar-refractivity contribution in [3.8, 4) is 11.1 Å². The van der Waals surface area contributed by atoms with Crippen LogP contribution >= 0.6 is 0 Å². The molecule has 0 saturated heterocycles. The van der Waals surface area contributed by atoms with Crippen LogP contribution in [0.3, 0.4) is 0 Å². The summed E-state index contributed by atoms with van der Waals surface area (Å²) in [4.78, 5) is 0. The van der Waals surface area contributed by atoms with Crippen LogP contribution in [-0.4, -0.2) is 3.21 Å². The second-order valence-electron chi connectivity index (χ2n) is 8.97. The van der Waals surface area contributed by atoms with E-state index >= 15 is 0 Å². The fraction of sp³-hybridized carbons (Fsp3) is 0.0938. The van der Waals surface area contributed by atoms with Crippen molar-refractivity contribution in [3.63, 3.8) is 0 Å². The maximum absolute atomic E-state index is 2.55. The van der Waals surface area contributed by atoms with Gasteiger partial charge >= 0.3 is 205 Å². The van der Waals surface area contributed by atoms with Gasteiger partial charge in [-0.2, -0.15) is 0 Å². The Morgan fingerprint density at radius 1 is 0.606 bits per heavy atom. The van der Waals surface area contributed by atoms with E-state index in [0.29, 0.717) is 7.25 Å². The Morgan fingerprint density at radius 3 is 1.58 bits per heavy atom. The van der Waals surface area contributed by atoms with Crippen molar-refractivity contribution in [2.75, 3.05) is 0 Å². The molecule has 0 nitrogen and oxygen atoms in total. The molecule has 4 aromatic carbocycles. The van der Waals surface area contributed by atoms with E-state index in [2.05, 4.69) is 134 Å². The summed E-state index contributed by atoms with van der Waals surface area (Å²) in [6, 6.07) is 40.6. The molecule has 0 spiro atoms. The number of fused-ring (bicyclic) bond motifs is 3. The van der Waals surface area contributed by atoms with E-state index in [4.69, 9.17) is 0 Å². The van der Waals surface area contributed by atoms with E-state index < -0.39 is 21.3 Å². The minimum atomic E-state index is -2.48. The molecule has 158 valence electrons. The van der Waals surface area contributed by atoms with Crippen molar-refractivity contribution >= 4 is 3.21 Å². The zero-order valence-corrected chi connectivity index (χ0v) is 21.2. The first kappa shape index (κ1) is 20.7. The molecule has 33 heavy (non-hydrogen) atoms. The molecule has 2 aliphatic carbocycles. The summed E-state index contributed by atoms with van der Waals surface area (Å²) in [6.45, 7) is 2.25. The molecule has 6 rings (SSSR count). The summed E-state index contributed by atoms with van der Waals surface area (Å²) < 4.78 is 2.65. The van der Waals surface area contributed by atoms with Gasteiger partial charge < -0.3 is 0 Å². The predicted octanol–water partition coefficient (Wildman–Crippen LogP) is 7.95. The molecule has 0 aliphatic heterocycles. The monoisotopic (exact) mass is 500 g/mol. The van der Waals surface area contributed by atoms with Crippen LogP contribution in [0.15, 0.2) is 133 Å². The van der Waals surface area contributed by atoms with Crippen molar-refractivity contribution in [2.45, 2.75) is 14.2 Å². The van der Waals surface area contributed by atoms with Crippen LogP contribution in [0.1, 0.15) is 32.8 Å². The molecule has 2 aliphatic rings. The minimum absolute atomic E-state index is 0.493. The van der Waals surface area contributed by atoms with E-state index in [-0.39, 0.29) is 0 Å². The van der Waals surface area contributed by atoms with E-state index in [1.54, 1.807) is 3.21 Å². The summed E-state index contributed by atoms with van der Waals surface area (Å²) in [6.07, 6.45) is 7.38. The molecule has 0 heterocycles. The first-order valence-electron chi connectivity index (χ1n) is 11.7. The van der Waals surface area contributed by atoms with Crippen LogP contribution in [0.2, 0.25) is 3.63 Å². The third kappa shape index (κ3) is 3.69. The SMILES string of the molecule is CC1=C[CH]([Zr](=[C](c2ccccc2)c2ccccc2)[CH]2c3ccccc3-c3ccccc32)C=C1. The quantitative estimate of drug-likeness (QED) is 0.266. The van der Waals surface area contributed by atoms with Crippen molar-refractivity contribution < 1.29 is 21.3 Å². The number of benzene rings is 4. The number of hydrogen-bond acceptors (Lipinski definition) is 0. The normalized spacial score (nSPS) is 16.3. The average molecular weight is 502 g/mol. The first-order chi connectivity index (χ1) is 16.3. The molecule has 1 atom stereocenters. The van der Waals surface area contributed by atoms with E-state index in [1.807, 2.05) is 0 Å². The molecular weight excluding hydrogens is 476 g/mol. The molecule has 1 unspecified atom stereocenters. The van der Waals surface area contributed by atoms with E-state index in [0.717, 1.165) is 0 Å². The molecule has 0 N–H and O–H groups in total. The molecule has 0 saturated carbocycles. The second kappa shape index (κ2) is 8.81. The predicted molar refractivity (Wildman–Crippen MR) is 136 cm³/mol. The fourth-order valence-corrected chi connectivity index (χ4v) is 15.2. The van der Waals surface area contributed by atoms with Gasteiger partial charge in [0.2, 0.25) is 0 Å². The summed E-state index contributed by atoms with van der Waals surface area (Å²) in [7, 11) is 0. The standard InChI is InChI=1S/C13H9.C13H10.C6H7.Zr/c1-3-7-12-10(5-1)9-11-6-2-4-8-13(11)12;1-3-7-12(8-4-1)11-13-9-5-2-6-10-13;1-6-4-2-3-5-6;/h1-9H;1-10H;2-5H,1H3;. The number of rotatable bonds is 4. The molecule has 0 radical (unpaired) electrons. The van der Waals surface area contributed by atoms with Crippen LogP contribution < -0.4 is 0 Å². The zero-order valence-electron chi connectivity index (χ0n) is 18.8. The van der Waals surface area contributed by atoms with Gasteiger partial charge in [0.25, 0.3) is 0 Å². The summed E-state index contributed by atoms with van der Waals surface area (Å²) >= 11 is -2.48. The molecule has 4 aromatic rings. The number of hydrogen-bond donors (Lipinski definition) is 0. The van der Waals surface area contributed by atoms with Gasteiger partial charge in [0.15, 0.2) is 0 Å². The van der Waals surface area contributed by atoms with Gasteiger partial charge in [0.05, 0.1) is 0 Å². The van der Waals surface area contributed by atoms with Crippen LogP contribution in [0.5, 0.6) is 0 Å². The third-order valence-electron chi connectivity index (χ3n) is 6.93. The van der Waals surface area contributed by atoms with E-state index in [1.165, 1.54) is 39.0 Å². The number of allylic oxidation sites excluding steroid dienone is 4. The molecule has 0 fully saturated rings. The molecule has 0 bridgehead atoms. The van der Waals surface area contributed by atoms with Crippen molar-refractivity contribution in [1.29, 1.82) is 0 Å². The van der Waals surface area contributed by atoms with E-state index in [9.17, 15) is 0 Å². The summed E-state index contributed by atoms with van der Waals surface area (Å²) in [5.74, 6) is 0. The van der Waals surface area contributed by atoms with Crippen molar-refractivity contribution in [1.82, 2.24) is 0 Å². The second-order valence-corrected chi connectivity index (χ2v) is 15.5. The van der Waals surface area contributed by atoms with Gasteiger partial charge in [-0.1, -0.05) is 0 Å². The fourth-order valence-electron chi connectivity index (χ4n) is 5.55. The summed E-state index contributed by atoms with van der Waals surface area (Å²) in [5.41, 5.74) is 10.1. The third-order valence-corrected chi connectivity index (χ3v) is 15.5. The van der Waals surface area contributed by atoms with Crippen LogP contribution in [0.25, 0.3) is 11.1 Å². The summed E-state index contributed by atoms with van der Waals surface area (Å²) in [5, 5.41) is 0.